The molecule has 5 heteroatoms. The monoisotopic (exact) mass is 217 g/mol. The fourth-order valence-electron chi connectivity index (χ4n) is 1.34. The van der Waals surface area contributed by atoms with Crippen LogP contribution in [-0.4, -0.2) is 20.8 Å². The van der Waals surface area contributed by atoms with E-state index in [-0.39, 0.29) is 6.54 Å². The average molecular weight is 217 g/mol. The lowest BCUT2D eigenvalue weighted by Crippen LogP contribution is -2.39. The maximum Gasteiger partial charge on any atom is 0.207 e. The molecular formula is C10H13F2NO2. The quantitative estimate of drug-likeness (QED) is 0.775. The van der Waals surface area contributed by atoms with Gasteiger partial charge in [-0.05, 0) is 12.1 Å². The molecule has 1 aromatic carbocycles. The molecule has 15 heavy (non-hydrogen) atoms. The molecule has 3 nitrogen and oxygen atoms in total. The summed E-state index contributed by atoms with van der Waals surface area (Å²) < 4.78 is 35.9. The van der Waals surface area contributed by atoms with Crippen LogP contribution in [0.25, 0.3) is 0 Å². The van der Waals surface area contributed by atoms with Gasteiger partial charge in [0.15, 0.2) is 11.6 Å². The minimum atomic E-state index is -1.23. The number of nitrogens with two attached hydrogens (primary N) is 1. The lowest BCUT2D eigenvalue weighted by Gasteiger charge is -2.29. The molecule has 0 aliphatic rings. The topological polar surface area (TPSA) is 44.5 Å². The molecule has 0 heterocycles. The summed E-state index contributed by atoms with van der Waals surface area (Å²) in [5.74, 6) is -3.11. The van der Waals surface area contributed by atoms with E-state index < -0.39 is 17.4 Å². The van der Waals surface area contributed by atoms with Crippen LogP contribution in [0.5, 0.6) is 0 Å². The Labute approximate surface area is 86.8 Å². The summed E-state index contributed by atoms with van der Waals surface area (Å²) in [6.07, 6.45) is 0. The number of rotatable bonds is 4. The van der Waals surface area contributed by atoms with Crippen molar-refractivity contribution in [2.24, 2.45) is 5.73 Å². The molecule has 1 aromatic rings. The van der Waals surface area contributed by atoms with Crippen molar-refractivity contribution in [3.8, 4) is 0 Å². The van der Waals surface area contributed by atoms with Gasteiger partial charge < -0.3 is 15.2 Å². The van der Waals surface area contributed by atoms with E-state index in [9.17, 15) is 8.78 Å². The molecule has 0 saturated heterocycles. The van der Waals surface area contributed by atoms with Crippen LogP contribution in [-0.2, 0) is 15.3 Å². The molecule has 0 fully saturated rings. The molecule has 0 amide bonds. The third kappa shape index (κ3) is 2.14. The molecule has 0 bridgehead atoms. The van der Waals surface area contributed by atoms with Gasteiger partial charge in [-0.25, -0.2) is 8.78 Å². The summed E-state index contributed by atoms with van der Waals surface area (Å²) in [6, 6.07) is 3.39. The van der Waals surface area contributed by atoms with E-state index in [0.29, 0.717) is 5.56 Å². The van der Waals surface area contributed by atoms with Crippen LogP contribution in [0.15, 0.2) is 18.2 Å². The molecule has 2 N–H and O–H groups in total. The van der Waals surface area contributed by atoms with E-state index in [1.54, 1.807) is 0 Å². The van der Waals surface area contributed by atoms with E-state index in [4.69, 9.17) is 15.2 Å². The average Bonchev–Trinajstić information content (AvgIpc) is 2.26. The molecule has 84 valence electrons. The zero-order chi connectivity index (χ0) is 11.5. The maximum absolute atomic E-state index is 13.0. The largest absolute Gasteiger partial charge is 0.348 e. The van der Waals surface area contributed by atoms with Gasteiger partial charge in [0.1, 0.15) is 0 Å². The summed E-state index contributed by atoms with van der Waals surface area (Å²) in [6.45, 7) is 0.00503. The highest BCUT2D eigenvalue weighted by Crippen LogP contribution is 2.26. The molecule has 0 aliphatic heterocycles. The molecule has 0 radical (unpaired) electrons. The van der Waals surface area contributed by atoms with Crippen molar-refractivity contribution in [1.29, 1.82) is 0 Å². The predicted octanol–water partition coefficient (Wildman–Crippen LogP) is 1.37. The third-order valence-electron chi connectivity index (χ3n) is 2.29. The van der Waals surface area contributed by atoms with Crippen LogP contribution >= 0.6 is 0 Å². The minimum absolute atomic E-state index is 0.00503. The first-order valence-corrected chi connectivity index (χ1v) is 4.35. The Morgan fingerprint density at radius 3 is 2.20 bits per heavy atom. The Morgan fingerprint density at radius 1 is 1.20 bits per heavy atom. The Hall–Kier alpha value is -1.04. The Kier molecular flexibility index (Phi) is 3.73. The van der Waals surface area contributed by atoms with E-state index >= 15 is 0 Å². The van der Waals surface area contributed by atoms with Crippen LogP contribution in [0.4, 0.5) is 8.78 Å². The van der Waals surface area contributed by atoms with Gasteiger partial charge in [0.25, 0.3) is 0 Å². The summed E-state index contributed by atoms with van der Waals surface area (Å²) in [5.41, 5.74) is 5.82. The van der Waals surface area contributed by atoms with Crippen molar-refractivity contribution in [2.45, 2.75) is 5.79 Å². The van der Waals surface area contributed by atoms with Crippen molar-refractivity contribution >= 4 is 0 Å². The van der Waals surface area contributed by atoms with Crippen molar-refractivity contribution in [1.82, 2.24) is 0 Å². The highest BCUT2D eigenvalue weighted by atomic mass is 19.2. The Bertz CT molecular complexity index is 332. The Morgan fingerprint density at radius 2 is 1.80 bits per heavy atom. The van der Waals surface area contributed by atoms with Gasteiger partial charge >= 0.3 is 0 Å². The first-order chi connectivity index (χ1) is 7.09. The number of hydrogen-bond donors (Lipinski definition) is 1. The maximum atomic E-state index is 13.0. The van der Waals surface area contributed by atoms with Gasteiger partial charge in [-0.3, -0.25) is 0 Å². The first-order valence-electron chi connectivity index (χ1n) is 4.35. The Balaban J connectivity index is 3.17. The van der Waals surface area contributed by atoms with Crippen LogP contribution in [0, 0.1) is 11.6 Å². The molecule has 0 unspecified atom stereocenters. The summed E-state index contributed by atoms with van der Waals surface area (Å²) in [5, 5.41) is 0. The molecule has 0 aromatic heterocycles. The van der Waals surface area contributed by atoms with Gasteiger partial charge in [-0.15, -0.1) is 0 Å². The fraction of sp³-hybridized carbons (Fsp3) is 0.400. The SMILES string of the molecule is COC(CN)(OC)c1ccc(F)c(F)c1. The van der Waals surface area contributed by atoms with Gasteiger partial charge in [-0.2, -0.15) is 0 Å². The van der Waals surface area contributed by atoms with Crippen LogP contribution < -0.4 is 5.73 Å². The zero-order valence-electron chi connectivity index (χ0n) is 8.59. The van der Waals surface area contributed by atoms with Gasteiger partial charge in [0.05, 0.1) is 6.54 Å². The second kappa shape index (κ2) is 4.65. The van der Waals surface area contributed by atoms with Crippen molar-refractivity contribution < 1.29 is 18.3 Å². The minimum Gasteiger partial charge on any atom is -0.348 e. The highest BCUT2D eigenvalue weighted by molar-refractivity contribution is 5.23. The summed E-state index contributed by atoms with van der Waals surface area (Å²) >= 11 is 0. The number of hydrogen-bond acceptors (Lipinski definition) is 3. The van der Waals surface area contributed by atoms with Gasteiger partial charge in [0, 0.05) is 19.8 Å². The normalized spacial score (nSPS) is 11.8. The lowest BCUT2D eigenvalue weighted by atomic mass is 10.1. The van der Waals surface area contributed by atoms with Crippen molar-refractivity contribution in [3.63, 3.8) is 0 Å². The number of benzene rings is 1. The number of methoxy groups -OCH3 is 2. The van der Waals surface area contributed by atoms with Gasteiger partial charge in [-0.1, -0.05) is 6.07 Å². The molecule has 0 saturated carbocycles. The van der Waals surface area contributed by atoms with Crippen molar-refractivity contribution in [3.05, 3.63) is 35.4 Å². The molecular weight excluding hydrogens is 204 g/mol. The summed E-state index contributed by atoms with van der Waals surface area (Å²) in [4.78, 5) is 0. The van der Waals surface area contributed by atoms with Crippen LogP contribution in [0.2, 0.25) is 0 Å². The molecule has 1 rings (SSSR count). The van der Waals surface area contributed by atoms with Crippen molar-refractivity contribution in [2.75, 3.05) is 20.8 Å². The number of halogens is 2. The summed E-state index contributed by atoms with van der Waals surface area (Å²) in [7, 11) is 2.77. The van der Waals surface area contributed by atoms with E-state index in [2.05, 4.69) is 0 Å². The van der Waals surface area contributed by atoms with E-state index in [1.807, 2.05) is 0 Å². The fourth-order valence-corrected chi connectivity index (χ4v) is 1.34. The second-order valence-electron chi connectivity index (χ2n) is 2.99. The standard InChI is InChI=1S/C10H13F2NO2/c1-14-10(6-13,15-2)7-3-4-8(11)9(12)5-7/h3-5H,6,13H2,1-2H3. The predicted molar refractivity (Wildman–Crippen MR) is 51.1 cm³/mol. The van der Waals surface area contributed by atoms with Gasteiger partial charge in [0.2, 0.25) is 5.79 Å². The number of ether oxygens (including phenoxy) is 2. The lowest BCUT2D eigenvalue weighted by molar-refractivity contribution is -0.208. The first kappa shape index (κ1) is 12.0. The third-order valence-corrected chi connectivity index (χ3v) is 2.29. The molecule has 0 spiro atoms. The van der Waals surface area contributed by atoms with Crippen LogP contribution in [0.1, 0.15) is 5.56 Å². The molecule has 0 aliphatic carbocycles. The van der Waals surface area contributed by atoms with Crippen LogP contribution in [0.3, 0.4) is 0 Å². The van der Waals surface area contributed by atoms with E-state index in [1.165, 1.54) is 20.3 Å². The van der Waals surface area contributed by atoms with E-state index in [0.717, 1.165) is 12.1 Å². The smallest absolute Gasteiger partial charge is 0.207 e. The second-order valence-corrected chi connectivity index (χ2v) is 2.99. The highest BCUT2D eigenvalue weighted by Gasteiger charge is 2.31. The molecule has 0 atom stereocenters. The zero-order valence-corrected chi connectivity index (χ0v) is 8.59.